The fraction of sp³-hybridized carbons (Fsp3) is 0.188. The van der Waals surface area contributed by atoms with Crippen molar-refractivity contribution in [3.8, 4) is 11.1 Å². The van der Waals surface area contributed by atoms with Crippen molar-refractivity contribution in [1.29, 1.82) is 0 Å². The summed E-state index contributed by atoms with van der Waals surface area (Å²) in [6.07, 6.45) is 2.14. The third-order valence-corrected chi connectivity index (χ3v) is 3.94. The highest BCUT2D eigenvalue weighted by Crippen LogP contribution is 2.41. The molecule has 1 heterocycles. The van der Waals surface area contributed by atoms with Gasteiger partial charge in [0.25, 0.3) is 5.91 Å². The summed E-state index contributed by atoms with van der Waals surface area (Å²) in [5.74, 6) is -0.684. The first kappa shape index (κ1) is 16.6. The van der Waals surface area contributed by atoms with Crippen molar-refractivity contribution in [1.82, 2.24) is 15.8 Å². The number of carbonyl (C=O) groups excluding carboxylic acids is 1. The number of thiocarbonyl (C=S) groups is 1. The first-order valence-electron chi connectivity index (χ1n) is 7.27. The van der Waals surface area contributed by atoms with Crippen molar-refractivity contribution >= 4 is 34.8 Å². The average molecular weight is 365 g/mol. The summed E-state index contributed by atoms with van der Waals surface area (Å²) in [6, 6.07) is 7.51. The van der Waals surface area contributed by atoms with Gasteiger partial charge in [0.1, 0.15) is 11.0 Å². The van der Waals surface area contributed by atoms with Crippen LogP contribution in [-0.4, -0.2) is 16.0 Å². The number of aromatic nitrogens is 1. The first-order valence-corrected chi connectivity index (χ1v) is 8.06. The van der Waals surface area contributed by atoms with Gasteiger partial charge in [0.2, 0.25) is 0 Å². The van der Waals surface area contributed by atoms with E-state index in [2.05, 4.69) is 28.1 Å². The Morgan fingerprint density at radius 3 is 2.71 bits per heavy atom. The molecule has 0 radical (unpaired) electrons. The maximum atomic E-state index is 13.6. The number of benzene rings is 1. The van der Waals surface area contributed by atoms with Crippen LogP contribution in [0.4, 0.5) is 4.39 Å². The van der Waals surface area contributed by atoms with Gasteiger partial charge in [-0.1, -0.05) is 17.7 Å². The summed E-state index contributed by atoms with van der Waals surface area (Å²) >= 11 is 10.7. The van der Waals surface area contributed by atoms with Gasteiger partial charge in [-0.15, -0.1) is 0 Å². The topological polar surface area (TPSA) is 80.0 Å². The average Bonchev–Trinajstić information content (AvgIpc) is 3.36. The van der Waals surface area contributed by atoms with Crippen LogP contribution in [0.25, 0.3) is 11.1 Å². The Hall–Kier alpha value is -2.25. The van der Waals surface area contributed by atoms with Crippen molar-refractivity contribution in [2.75, 3.05) is 0 Å². The summed E-state index contributed by atoms with van der Waals surface area (Å²) in [6.45, 7) is 0. The molecule has 0 saturated heterocycles. The van der Waals surface area contributed by atoms with Crippen molar-refractivity contribution in [2.24, 2.45) is 5.73 Å². The Labute approximate surface area is 148 Å². The molecule has 1 fully saturated rings. The highest BCUT2D eigenvalue weighted by Gasteiger charge is 2.26. The molecule has 1 amide bonds. The van der Waals surface area contributed by atoms with Crippen LogP contribution in [0.1, 0.15) is 34.8 Å². The Morgan fingerprint density at radius 2 is 2.04 bits per heavy atom. The largest absolute Gasteiger partial charge is 0.375 e. The molecule has 1 aliphatic carbocycles. The van der Waals surface area contributed by atoms with Gasteiger partial charge < -0.3 is 5.73 Å². The van der Waals surface area contributed by atoms with Crippen LogP contribution in [0, 0.1) is 5.82 Å². The van der Waals surface area contributed by atoms with Crippen molar-refractivity contribution in [2.45, 2.75) is 18.8 Å². The van der Waals surface area contributed by atoms with Crippen molar-refractivity contribution in [3.05, 3.63) is 52.6 Å². The second kappa shape index (κ2) is 6.70. The van der Waals surface area contributed by atoms with Gasteiger partial charge in [0, 0.05) is 11.6 Å². The van der Waals surface area contributed by atoms with E-state index in [0.717, 1.165) is 24.6 Å². The lowest BCUT2D eigenvalue weighted by atomic mass is 9.98. The fourth-order valence-electron chi connectivity index (χ4n) is 2.40. The quantitative estimate of drug-likeness (QED) is 0.443. The van der Waals surface area contributed by atoms with Crippen molar-refractivity contribution in [3.63, 3.8) is 0 Å². The predicted octanol–water partition coefficient (Wildman–Crippen LogP) is 2.90. The van der Waals surface area contributed by atoms with E-state index in [-0.39, 0.29) is 10.7 Å². The highest BCUT2D eigenvalue weighted by molar-refractivity contribution is 7.80. The van der Waals surface area contributed by atoms with Gasteiger partial charge in [0.05, 0.1) is 5.56 Å². The zero-order valence-electron chi connectivity index (χ0n) is 12.5. The van der Waals surface area contributed by atoms with Gasteiger partial charge >= 0.3 is 0 Å². The molecule has 8 heteroatoms. The number of hydrazine groups is 1. The van der Waals surface area contributed by atoms with E-state index in [1.165, 1.54) is 12.1 Å². The molecule has 0 atom stereocenters. The zero-order valence-corrected chi connectivity index (χ0v) is 14.0. The number of nitrogens with two attached hydrogens (primary N) is 1. The lowest BCUT2D eigenvalue weighted by molar-refractivity contribution is 0.0944. The van der Waals surface area contributed by atoms with Gasteiger partial charge in [-0.2, -0.15) is 0 Å². The molecule has 0 spiro atoms. The number of nitrogens with zero attached hydrogens (tertiary/aromatic N) is 1. The van der Waals surface area contributed by atoms with Gasteiger partial charge in [0.15, 0.2) is 5.11 Å². The molecule has 1 aromatic carbocycles. The number of pyridine rings is 1. The Bertz CT molecular complexity index is 826. The number of carbonyl (C=O) groups is 1. The lowest BCUT2D eigenvalue weighted by Crippen LogP contribution is -2.44. The van der Waals surface area contributed by atoms with Crippen LogP contribution in [0.5, 0.6) is 0 Å². The summed E-state index contributed by atoms with van der Waals surface area (Å²) in [5.41, 5.74) is 12.2. The standard InChI is InChI=1S/C16H14ClFN4OS/c17-14-6-9(5-13(20-14)8-1-2-8)11-4-3-10(18)7-12(11)15(23)21-22-16(19)24/h3-8H,1-2H2,(H,21,23)(H3,19,22,24). The molecule has 1 aromatic heterocycles. The number of halogens is 2. The van der Waals surface area contributed by atoms with Gasteiger partial charge in [-0.25, -0.2) is 9.37 Å². The minimum absolute atomic E-state index is 0.0933. The molecule has 1 aliphatic rings. The molecular formula is C16H14ClFN4OS. The minimum atomic E-state index is -0.557. The van der Waals surface area contributed by atoms with Gasteiger partial charge in [-0.05, 0) is 60.5 Å². The Morgan fingerprint density at radius 1 is 1.29 bits per heavy atom. The number of hydrogen-bond acceptors (Lipinski definition) is 3. The zero-order chi connectivity index (χ0) is 17.3. The van der Waals surface area contributed by atoms with Crippen LogP contribution < -0.4 is 16.6 Å². The van der Waals surface area contributed by atoms with Crippen LogP contribution in [-0.2, 0) is 0 Å². The van der Waals surface area contributed by atoms with Crippen LogP contribution >= 0.6 is 23.8 Å². The molecule has 4 N–H and O–H groups in total. The number of hydrogen-bond donors (Lipinski definition) is 3. The fourth-order valence-corrected chi connectivity index (χ4v) is 2.67. The third-order valence-electron chi connectivity index (χ3n) is 3.65. The molecule has 24 heavy (non-hydrogen) atoms. The van der Waals surface area contributed by atoms with E-state index < -0.39 is 11.7 Å². The predicted molar refractivity (Wildman–Crippen MR) is 94.0 cm³/mol. The van der Waals surface area contributed by atoms with Crippen molar-refractivity contribution < 1.29 is 9.18 Å². The maximum absolute atomic E-state index is 13.6. The molecule has 1 saturated carbocycles. The van der Waals surface area contributed by atoms with E-state index in [1.807, 2.05) is 6.07 Å². The molecule has 5 nitrogen and oxygen atoms in total. The maximum Gasteiger partial charge on any atom is 0.270 e. The van der Waals surface area contributed by atoms with Crippen LogP contribution in [0.3, 0.4) is 0 Å². The van der Waals surface area contributed by atoms with E-state index in [4.69, 9.17) is 17.3 Å². The summed E-state index contributed by atoms with van der Waals surface area (Å²) < 4.78 is 13.6. The minimum Gasteiger partial charge on any atom is -0.375 e. The third kappa shape index (κ3) is 3.80. The summed E-state index contributed by atoms with van der Waals surface area (Å²) in [4.78, 5) is 16.6. The monoisotopic (exact) mass is 364 g/mol. The second-order valence-electron chi connectivity index (χ2n) is 5.51. The van der Waals surface area contributed by atoms with Crippen LogP contribution in [0.15, 0.2) is 30.3 Å². The lowest BCUT2D eigenvalue weighted by Gasteiger charge is -2.12. The molecule has 3 rings (SSSR count). The highest BCUT2D eigenvalue weighted by atomic mass is 35.5. The second-order valence-corrected chi connectivity index (χ2v) is 6.34. The molecule has 0 unspecified atom stereocenters. The van der Waals surface area contributed by atoms with E-state index in [9.17, 15) is 9.18 Å². The van der Waals surface area contributed by atoms with E-state index in [0.29, 0.717) is 22.2 Å². The SMILES string of the molecule is NC(=S)NNC(=O)c1cc(F)ccc1-c1cc(Cl)nc(C2CC2)c1. The molecule has 0 bridgehead atoms. The summed E-state index contributed by atoms with van der Waals surface area (Å²) in [7, 11) is 0. The molecule has 0 aliphatic heterocycles. The summed E-state index contributed by atoms with van der Waals surface area (Å²) in [5, 5.41) is 0.246. The molecule has 2 aromatic rings. The normalized spacial score (nSPS) is 13.4. The van der Waals surface area contributed by atoms with E-state index >= 15 is 0 Å². The number of rotatable bonds is 3. The Kier molecular flexibility index (Phi) is 4.64. The number of amides is 1. The van der Waals surface area contributed by atoms with Gasteiger partial charge in [-0.3, -0.25) is 15.6 Å². The molecule has 124 valence electrons. The first-order chi connectivity index (χ1) is 11.4. The number of nitrogens with one attached hydrogen (secondary N) is 2. The smallest absolute Gasteiger partial charge is 0.270 e. The van der Waals surface area contributed by atoms with Crippen LogP contribution in [0.2, 0.25) is 5.15 Å². The van der Waals surface area contributed by atoms with E-state index in [1.54, 1.807) is 6.07 Å². The molecular weight excluding hydrogens is 351 g/mol. The Balaban J connectivity index is 2.01.